The van der Waals surface area contributed by atoms with E-state index in [0.717, 1.165) is 5.56 Å². The molecule has 3 aliphatic heterocycles. The smallest absolute Gasteiger partial charge is 0.414 e. The van der Waals surface area contributed by atoms with Crippen LogP contribution in [0.2, 0.25) is 18.6 Å². The van der Waals surface area contributed by atoms with Gasteiger partial charge in [0, 0.05) is 41.5 Å². The van der Waals surface area contributed by atoms with Gasteiger partial charge in [-0.05, 0) is 36.9 Å². The van der Waals surface area contributed by atoms with E-state index in [4.69, 9.17) is 9.47 Å². The summed E-state index contributed by atoms with van der Waals surface area (Å²) in [6, 6.07) is 14.6. The Kier molecular flexibility index (Phi) is 7.25. The molecule has 2 aromatic carbocycles. The van der Waals surface area contributed by atoms with E-state index in [1.165, 1.54) is 9.80 Å². The number of cyclic esters (lactones) is 1. The molecule has 2 aromatic rings. The molecule has 1 spiro atoms. The number of aliphatic hydroxyl groups is 1. The Bertz CT molecular complexity index is 1270. The summed E-state index contributed by atoms with van der Waals surface area (Å²) in [6.07, 6.45) is -1.43. The van der Waals surface area contributed by atoms with E-state index in [9.17, 15) is 19.5 Å². The first-order chi connectivity index (χ1) is 18.6. The van der Waals surface area contributed by atoms with Crippen LogP contribution in [-0.2, 0) is 31.2 Å². The molecule has 3 heterocycles. The van der Waals surface area contributed by atoms with Crippen molar-refractivity contribution in [2.75, 3.05) is 36.5 Å². The van der Waals surface area contributed by atoms with Crippen molar-refractivity contribution in [3.63, 3.8) is 0 Å². The number of carbonyl (C=O) groups is 3. The Labute approximate surface area is 228 Å². The summed E-state index contributed by atoms with van der Waals surface area (Å²) in [7, 11) is -3.45. The number of aliphatic hydroxyl groups excluding tert-OH is 1. The lowest BCUT2D eigenvalue weighted by Crippen LogP contribution is -2.42. The molecule has 3 amide bonds. The van der Waals surface area contributed by atoms with Gasteiger partial charge in [-0.15, -0.1) is 0 Å². The van der Waals surface area contributed by atoms with E-state index in [0.29, 0.717) is 30.0 Å². The molecule has 208 valence electrons. The van der Waals surface area contributed by atoms with Crippen LogP contribution in [0.1, 0.15) is 24.5 Å². The van der Waals surface area contributed by atoms with E-state index in [1.807, 2.05) is 37.3 Å². The maximum Gasteiger partial charge on any atom is 0.414 e. The van der Waals surface area contributed by atoms with Gasteiger partial charge in [0.05, 0.1) is 25.7 Å². The number of halogens is 1. The van der Waals surface area contributed by atoms with Crippen molar-refractivity contribution in [1.29, 1.82) is 0 Å². The van der Waals surface area contributed by atoms with Gasteiger partial charge in [0.1, 0.15) is 6.61 Å². The van der Waals surface area contributed by atoms with E-state index >= 15 is 4.11 Å². The fourth-order valence-corrected chi connectivity index (χ4v) is 8.86. The van der Waals surface area contributed by atoms with Gasteiger partial charge >= 0.3 is 6.09 Å². The minimum absolute atomic E-state index is 0.120. The van der Waals surface area contributed by atoms with Crippen LogP contribution < -0.4 is 10.2 Å². The van der Waals surface area contributed by atoms with Gasteiger partial charge in [-0.25, -0.2) is 4.79 Å². The Balaban J connectivity index is 1.47. The maximum absolute atomic E-state index is 15.9. The number of ether oxygens (including phenoxy) is 2. The number of nitrogens with one attached hydrogen (secondary N) is 1. The molecule has 5 rings (SSSR count). The molecule has 0 aromatic heterocycles. The largest absolute Gasteiger partial charge is 0.447 e. The van der Waals surface area contributed by atoms with Crippen LogP contribution in [0.15, 0.2) is 48.5 Å². The lowest BCUT2D eigenvalue weighted by molar-refractivity contribution is -0.148. The molecule has 2 fully saturated rings. The zero-order valence-electron chi connectivity index (χ0n) is 22.4. The molecule has 3 aliphatic rings. The molecular formula is C28H34FN3O6Si. The van der Waals surface area contributed by atoms with Crippen LogP contribution in [0, 0.1) is 5.92 Å². The standard InChI is InChI=1S/C28H34FN3O6Si/c1-18-25(39(2,3)29)23(16-24(34)31(11-13-33)17-19-7-5-4-6-8-19)38-28(18)21-15-20(32-12-14-37-27(32)36)9-10-22(21)30-26(28)35/h4-10,15,18,23,25,33H,11-14,16-17H2,1-3H3,(H,30,35)/t18-,23+,25-,28+/m0/s1. The second kappa shape index (κ2) is 10.4. The van der Waals surface area contributed by atoms with Crippen molar-refractivity contribution < 1.29 is 33.1 Å². The van der Waals surface area contributed by atoms with E-state index in [1.54, 1.807) is 31.3 Å². The van der Waals surface area contributed by atoms with Crippen molar-refractivity contribution in [3.05, 3.63) is 59.7 Å². The predicted octanol–water partition coefficient (Wildman–Crippen LogP) is 3.78. The lowest BCUT2D eigenvalue weighted by atomic mass is 9.82. The topological polar surface area (TPSA) is 108 Å². The molecule has 0 unspecified atom stereocenters. The van der Waals surface area contributed by atoms with Gasteiger partial charge in [-0.1, -0.05) is 37.3 Å². The van der Waals surface area contributed by atoms with Crippen molar-refractivity contribution in [2.24, 2.45) is 5.92 Å². The zero-order valence-corrected chi connectivity index (χ0v) is 23.4. The number of fused-ring (bicyclic) bond motifs is 2. The predicted molar refractivity (Wildman–Crippen MR) is 145 cm³/mol. The van der Waals surface area contributed by atoms with Crippen molar-refractivity contribution in [3.8, 4) is 0 Å². The number of hydrogen-bond donors (Lipinski definition) is 2. The first kappa shape index (κ1) is 27.3. The number of anilines is 2. The third kappa shape index (κ3) is 4.83. The van der Waals surface area contributed by atoms with Gasteiger partial charge in [-0.2, -0.15) is 0 Å². The van der Waals surface area contributed by atoms with Crippen LogP contribution >= 0.6 is 0 Å². The summed E-state index contributed by atoms with van der Waals surface area (Å²) >= 11 is 0. The Morgan fingerprint density at radius 2 is 1.97 bits per heavy atom. The minimum atomic E-state index is -3.45. The highest BCUT2D eigenvalue weighted by atomic mass is 28.4. The maximum atomic E-state index is 15.9. The average Bonchev–Trinajstić information content (AvgIpc) is 3.53. The molecule has 2 saturated heterocycles. The summed E-state index contributed by atoms with van der Waals surface area (Å²) in [5, 5.41) is 12.5. The van der Waals surface area contributed by atoms with E-state index < -0.39 is 43.6 Å². The Morgan fingerprint density at radius 1 is 1.23 bits per heavy atom. The fourth-order valence-electron chi connectivity index (χ4n) is 6.37. The summed E-state index contributed by atoms with van der Waals surface area (Å²) in [5.74, 6) is -1.25. The SMILES string of the molecule is C[C@H]1[C@H]([Si](C)(C)F)[C@@H](CC(=O)N(CCO)Cc2ccccc2)O[C@]12C(=O)Nc1ccc(N3CCOC3=O)cc12. The third-order valence-corrected chi connectivity index (χ3v) is 10.5. The summed E-state index contributed by atoms with van der Waals surface area (Å²) < 4.78 is 27.6. The molecule has 39 heavy (non-hydrogen) atoms. The molecular weight excluding hydrogens is 521 g/mol. The summed E-state index contributed by atoms with van der Waals surface area (Å²) in [6.45, 7) is 5.83. The summed E-state index contributed by atoms with van der Waals surface area (Å²) in [4.78, 5) is 42.3. The van der Waals surface area contributed by atoms with Crippen molar-refractivity contribution in [2.45, 2.75) is 50.2 Å². The van der Waals surface area contributed by atoms with Gasteiger partial charge in [0.15, 0.2) is 5.60 Å². The Morgan fingerprint density at radius 3 is 2.62 bits per heavy atom. The molecule has 0 saturated carbocycles. The molecule has 0 radical (unpaired) electrons. The van der Waals surface area contributed by atoms with Crippen LogP contribution in [0.3, 0.4) is 0 Å². The normalized spacial score (nSPS) is 26.1. The molecule has 2 N–H and O–H groups in total. The van der Waals surface area contributed by atoms with Gasteiger partial charge in [0.25, 0.3) is 5.91 Å². The second-order valence-corrected chi connectivity index (χ2v) is 14.7. The van der Waals surface area contributed by atoms with E-state index in [-0.39, 0.29) is 32.1 Å². The molecule has 0 bridgehead atoms. The number of benzene rings is 2. The lowest BCUT2D eigenvalue weighted by Gasteiger charge is -2.31. The Hall–Kier alpha value is -3.28. The van der Waals surface area contributed by atoms with Crippen LogP contribution in [0.5, 0.6) is 0 Å². The minimum Gasteiger partial charge on any atom is -0.447 e. The van der Waals surface area contributed by atoms with Crippen molar-refractivity contribution in [1.82, 2.24) is 4.90 Å². The number of hydrogen-bond acceptors (Lipinski definition) is 6. The monoisotopic (exact) mass is 555 g/mol. The molecule has 9 nitrogen and oxygen atoms in total. The number of rotatable bonds is 8. The first-order valence-electron chi connectivity index (χ1n) is 13.3. The fraction of sp³-hybridized carbons (Fsp3) is 0.464. The third-order valence-electron chi connectivity index (χ3n) is 8.09. The van der Waals surface area contributed by atoms with Crippen LogP contribution in [-0.4, -0.2) is 68.7 Å². The van der Waals surface area contributed by atoms with Gasteiger partial charge in [0.2, 0.25) is 14.3 Å². The van der Waals surface area contributed by atoms with E-state index in [2.05, 4.69) is 5.32 Å². The number of amides is 3. The number of carbonyl (C=O) groups excluding carboxylic acids is 3. The summed E-state index contributed by atoms with van der Waals surface area (Å²) in [5.41, 5.74) is 0.400. The first-order valence-corrected chi connectivity index (χ1v) is 16.2. The highest BCUT2D eigenvalue weighted by Crippen LogP contribution is 2.59. The molecule has 0 aliphatic carbocycles. The molecule has 11 heteroatoms. The van der Waals surface area contributed by atoms with Crippen LogP contribution in [0.4, 0.5) is 20.3 Å². The quantitative estimate of drug-likeness (QED) is 0.379. The van der Waals surface area contributed by atoms with Crippen molar-refractivity contribution >= 4 is 37.7 Å². The second-order valence-electron chi connectivity index (χ2n) is 10.9. The average molecular weight is 556 g/mol. The number of nitrogens with zero attached hydrogens (tertiary/aromatic N) is 2. The van der Waals surface area contributed by atoms with Gasteiger partial charge < -0.3 is 28.9 Å². The van der Waals surface area contributed by atoms with Gasteiger partial charge in [-0.3, -0.25) is 14.5 Å². The zero-order chi connectivity index (χ0) is 27.9. The highest BCUT2D eigenvalue weighted by Gasteiger charge is 2.65. The highest BCUT2D eigenvalue weighted by molar-refractivity contribution is 6.72. The molecule has 4 atom stereocenters. The van der Waals surface area contributed by atoms with Crippen LogP contribution in [0.25, 0.3) is 0 Å².